The molecule has 0 N–H and O–H groups in total. The van der Waals surface area contributed by atoms with Gasteiger partial charge < -0.3 is 9.64 Å². The van der Waals surface area contributed by atoms with Crippen LogP contribution >= 0.6 is 11.6 Å². The first kappa shape index (κ1) is 20.6. The lowest BCUT2D eigenvalue weighted by Gasteiger charge is -2.44. The number of halogens is 2. The minimum atomic E-state index is -0.228. The Hall–Kier alpha value is -2.11. The van der Waals surface area contributed by atoms with E-state index >= 15 is 0 Å². The van der Waals surface area contributed by atoms with E-state index in [1.165, 1.54) is 12.1 Å². The molecule has 0 aromatic heterocycles. The molecule has 0 aliphatic carbocycles. The number of benzene rings is 2. The summed E-state index contributed by atoms with van der Waals surface area (Å²) in [6.45, 7) is 8.20. The summed E-state index contributed by atoms with van der Waals surface area (Å²) in [4.78, 5) is 16.9. The maximum absolute atomic E-state index is 13.1. The van der Waals surface area contributed by atoms with E-state index in [1.807, 2.05) is 43.0 Å². The molecule has 1 amide bonds. The maximum Gasteiger partial charge on any atom is 0.260 e. The maximum atomic E-state index is 13.1. The number of carbonyl (C=O) groups excluding carboxylic acids is 1. The molecule has 1 aliphatic heterocycles. The van der Waals surface area contributed by atoms with Gasteiger partial charge in [0.15, 0.2) is 6.61 Å². The van der Waals surface area contributed by atoms with Gasteiger partial charge in [-0.25, -0.2) is 4.39 Å². The molecule has 2 aromatic rings. The number of nitrogens with zero attached hydrogens (tertiary/aromatic N) is 2. The van der Waals surface area contributed by atoms with Gasteiger partial charge >= 0.3 is 0 Å². The van der Waals surface area contributed by atoms with Crippen molar-refractivity contribution < 1.29 is 13.9 Å². The quantitative estimate of drug-likeness (QED) is 0.745. The van der Waals surface area contributed by atoms with Crippen LogP contribution in [-0.2, 0) is 11.3 Å². The summed E-state index contributed by atoms with van der Waals surface area (Å²) in [5.74, 6) is 0.253. The van der Waals surface area contributed by atoms with Crippen molar-refractivity contribution in [3.8, 4) is 5.75 Å². The Morgan fingerprint density at radius 2 is 1.86 bits per heavy atom. The van der Waals surface area contributed by atoms with Gasteiger partial charge in [-0.2, -0.15) is 0 Å². The second-order valence-corrected chi connectivity index (χ2v) is 7.93. The third-order valence-electron chi connectivity index (χ3n) is 5.17. The smallest absolute Gasteiger partial charge is 0.260 e. The van der Waals surface area contributed by atoms with E-state index < -0.39 is 0 Å². The van der Waals surface area contributed by atoms with Gasteiger partial charge in [0.05, 0.1) is 5.02 Å². The zero-order valence-corrected chi connectivity index (χ0v) is 17.2. The van der Waals surface area contributed by atoms with Gasteiger partial charge in [0.2, 0.25) is 0 Å². The minimum Gasteiger partial charge on any atom is -0.482 e. The number of hydrogen-bond donors (Lipinski definition) is 0. The van der Waals surface area contributed by atoms with Crippen molar-refractivity contribution in [3.63, 3.8) is 0 Å². The Labute approximate surface area is 170 Å². The number of piperazine rings is 1. The van der Waals surface area contributed by atoms with E-state index in [9.17, 15) is 9.18 Å². The first-order valence-electron chi connectivity index (χ1n) is 9.50. The average Bonchev–Trinajstić information content (AvgIpc) is 2.65. The number of ether oxygens (including phenoxy) is 1. The SMILES string of the molecule is Cc1ccc(OCC(=O)N2C[C@H](C)N(Cc3ccc(F)cc3)C[C@H]2C)c(Cl)c1. The van der Waals surface area contributed by atoms with Crippen LogP contribution in [0.3, 0.4) is 0 Å². The predicted molar refractivity (Wildman–Crippen MR) is 109 cm³/mol. The number of carbonyl (C=O) groups is 1. The molecule has 0 bridgehead atoms. The molecule has 1 fully saturated rings. The van der Waals surface area contributed by atoms with Crippen LogP contribution in [0.5, 0.6) is 5.75 Å². The van der Waals surface area contributed by atoms with Crippen molar-refractivity contribution in [1.82, 2.24) is 9.80 Å². The lowest BCUT2D eigenvalue weighted by Crippen LogP contribution is -2.58. The first-order valence-corrected chi connectivity index (χ1v) is 9.88. The van der Waals surface area contributed by atoms with Crippen LogP contribution in [0.2, 0.25) is 5.02 Å². The molecule has 2 aromatic carbocycles. The standard InChI is InChI=1S/C22H26ClFN2O2/c1-15-4-9-21(20(23)10-15)28-14-22(27)26-12-16(2)25(11-17(26)3)13-18-5-7-19(24)8-6-18/h4-10,16-17H,11-14H2,1-3H3/t16-,17+/m0/s1. The highest BCUT2D eigenvalue weighted by Gasteiger charge is 2.32. The van der Waals surface area contributed by atoms with E-state index in [-0.39, 0.29) is 30.4 Å². The summed E-state index contributed by atoms with van der Waals surface area (Å²) in [5.41, 5.74) is 2.11. The summed E-state index contributed by atoms with van der Waals surface area (Å²) in [5, 5.41) is 0.512. The molecule has 1 heterocycles. The third kappa shape index (κ3) is 5.03. The van der Waals surface area contributed by atoms with Crippen molar-refractivity contribution in [2.24, 2.45) is 0 Å². The molecule has 1 saturated heterocycles. The fraction of sp³-hybridized carbons (Fsp3) is 0.409. The van der Waals surface area contributed by atoms with Gasteiger partial charge in [-0.05, 0) is 56.2 Å². The largest absolute Gasteiger partial charge is 0.482 e. The Balaban J connectivity index is 1.57. The zero-order valence-electron chi connectivity index (χ0n) is 16.5. The topological polar surface area (TPSA) is 32.8 Å². The fourth-order valence-electron chi connectivity index (χ4n) is 3.54. The van der Waals surface area contributed by atoms with E-state index in [0.717, 1.165) is 24.2 Å². The van der Waals surface area contributed by atoms with Gasteiger partial charge in [0, 0.05) is 31.7 Å². The molecule has 0 radical (unpaired) electrons. The average molecular weight is 405 g/mol. The van der Waals surface area contributed by atoms with Crippen LogP contribution in [-0.4, -0.2) is 47.5 Å². The summed E-state index contributed by atoms with van der Waals surface area (Å²) >= 11 is 6.18. The van der Waals surface area contributed by atoms with Gasteiger partial charge in [-0.3, -0.25) is 9.69 Å². The van der Waals surface area contributed by atoms with E-state index in [0.29, 0.717) is 17.3 Å². The van der Waals surface area contributed by atoms with Gasteiger partial charge in [-0.15, -0.1) is 0 Å². The second-order valence-electron chi connectivity index (χ2n) is 7.52. The molecular formula is C22H26ClFN2O2. The molecule has 0 saturated carbocycles. The number of aryl methyl sites for hydroxylation is 1. The van der Waals surface area contributed by atoms with Crippen molar-refractivity contribution in [2.75, 3.05) is 19.7 Å². The van der Waals surface area contributed by atoms with Crippen LogP contribution in [0.15, 0.2) is 42.5 Å². The monoisotopic (exact) mass is 404 g/mol. The van der Waals surface area contributed by atoms with Gasteiger partial charge in [0.1, 0.15) is 11.6 Å². The van der Waals surface area contributed by atoms with Crippen LogP contribution in [0.25, 0.3) is 0 Å². The van der Waals surface area contributed by atoms with Crippen molar-refractivity contribution in [1.29, 1.82) is 0 Å². The molecule has 0 spiro atoms. The lowest BCUT2D eigenvalue weighted by atomic mass is 10.1. The molecular weight excluding hydrogens is 379 g/mol. The van der Waals surface area contributed by atoms with Crippen LogP contribution in [0.1, 0.15) is 25.0 Å². The first-order chi connectivity index (χ1) is 13.3. The molecule has 2 atom stereocenters. The predicted octanol–water partition coefficient (Wildman–Crippen LogP) is 4.29. The van der Waals surface area contributed by atoms with Gasteiger partial charge in [0.25, 0.3) is 5.91 Å². The minimum absolute atomic E-state index is 0.0300. The zero-order chi connectivity index (χ0) is 20.3. The highest BCUT2D eigenvalue weighted by atomic mass is 35.5. The van der Waals surface area contributed by atoms with Crippen LogP contribution in [0, 0.1) is 12.7 Å². The third-order valence-corrected chi connectivity index (χ3v) is 5.47. The lowest BCUT2D eigenvalue weighted by molar-refractivity contribution is -0.139. The fourth-order valence-corrected chi connectivity index (χ4v) is 3.83. The Kier molecular flexibility index (Phi) is 6.57. The molecule has 4 nitrogen and oxygen atoms in total. The molecule has 28 heavy (non-hydrogen) atoms. The van der Waals surface area contributed by atoms with Crippen molar-refractivity contribution >= 4 is 17.5 Å². The van der Waals surface area contributed by atoms with Crippen LogP contribution < -0.4 is 4.74 Å². The molecule has 150 valence electrons. The van der Waals surface area contributed by atoms with Gasteiger partial charge in [-0.1, -0.05) is 29.8 Å². The Bertz CT molecular complexity index is 828. The molecule has 0 unspecified atom stereocenters. The van der Waals surface area contributed by atoms with E-state index in [1.54, 1.807) is 6.07 Å². The molecule has 6 heteroatoms. The van der Waals surface area contributed by atoms with Crippen molar-refractivity contribution in [2.45, 2.75) is 39.4 Å². The van der Waals surface area contributed by atoms with E-state index in [4.69, 9.17) is 16.3 Å². The number of amides is 1. The summed E-state index contributed by atoms with van der Waals surface area (Å²) < 4.78 is 18.8. The number of rotatable bonds is 5. The second kappa shape index (κ2) is 8.93. The van der Waals surface area contributed by atoms with Crippen molar-refractivity contribution in [3.05, 3.63) is 64.4 Å². The number of hydrogen-bond acceptors (Lipinski definition) is 3. The molecule has 3 rings (SSSR count). The molecule has 1 aliphatic rings. The highest BCUT2D eigenvalue weighted by molar-refractivity contribution is 6.32. The normalized spacial score (nSPS) is 20.2. The Morgan fingerprint density at radius 3 is 2.54 bits per heavy atom. The summed E-state index contributed by atoms with van der Waals surface area (Å²) in [6.07, 6.45) is 0. The Morgan fingerprint density at radius 1 is 1.14 bits per heavy atom. The summed E-state index contributed by atoms with van der Waals surface area (Å²) in [6, 6.07) is 12.4. The summed E-state index contributed by atoms with van der Waals surface area (Å²) in [7, 11) is 0. The van der Waals surface area contributed by atoms with E-state index in [2.05, 4.69) is 11.8 Å². The highest BCUT2D eigenvalue weighted by Crippen LogP contribution is 2.25. The van der Waals surface area contributed by atoms with Crippen LogP contribution in [0.4, 0.5) is 4.39 Å².